The zero-order valence-electron chi connectivity index (χ0n) is 6.67. The van der Waals surface area contributed by atoms with Crippen LogP contribution in [0.3, 0.4) is 0 Å². The van der Waals surface area contributed by atoms with Crippen LogP contribution in [0, 0.1) is 5.92 Å². The van der Waals surface area contributed by atoms with E-state index in [9.17, 15) is 4.79 Å². The molecule has 1 heterocycles. The van der Waals surface area contributed by atoms with Gasteiger partial charge in [0.05, 0.1) is 5.92 Å². The Kier molecular flexibility index (Phi) is 2.76. The van der Waals surface area contributed by atoms with Gasteiger partial charge in [0.15, 0.2) is 0 Å². The lowest BCUT2D eigenvalue weighted by Gasteiger charge is -2.02. The summed E-state index contributed by atoms with van der Waals surface area (Å²) in [4.78, 5) is 13.3. The lowest BCUT2D eigenvalue weighted by molar-refractivity contribution is -0.141. The third-order valence-electron chi connectivity index (χ3n) is 1.67. The molecule has 0 aliphatic rings. The number of hydrogen-bond donors (Lipinski definition) is 2. The predicted octanol–water partition coefficient (Wildman–Crippen LogP) is 1.93. The summed E-state index contributed by atoms with van der Waals surface area (Å²) < 4.78 is 0. The maximum absolute atomic E-state index is 10.5. The molecule has 0 aromatic carbocycles. The van der Waals surface area contributed by atoms with E-state index in [2.05, 4.69) is 4.98 Å². The van der Waals surface area contributed by atoms with Gasteiger partial charge in [0.25, 0.3) is 0 Å². The molecule has 1 aromatic rings. The number of aliphatic carboxylic acids is 1. The average molecular weight is 188 g/mol. The standard InChI is InChI=1S/C8H10ClNO2/c1-5(8(11)12)2-6-3-7(9)10-4-6/h3-5,10H,2H2,1H3,(H,11,12). The maximum Gasteiger partial charge on any atom is 0.306 e. The number of aromatic amines is 1. The van der Waals surface area contributed by atoms with Gasteiger partial charge in [-0.1, -0.05) is 18.5 Å². The number of hydrogen-bond acceptors (Lipinski definition) is 1. The van der Waals surface area contributed by atoms with Gasteiger partial charge in [0.1, 0.15) is 5.15 Å². The number of aromatic nitrogens is 1. The number of carbonyl (C=O) groups is 1. The van der Waals surface area contributed by atoms with Crippen molar-refractivity contribution in [2.24, 2.45) is 5.92 Å². The van der Waals surface area contributed by atoms with Crippen molar-refractivity contribution in [1.29, 1.82) is 0 Å². The van der Waals surface area contributed by atoms with Gasteiger partial charge in [-0.3, -0.25) is 4.79 Å². The Hall–Kier alpha value is -0.960. The Morgan fingerprint density at radius 1 is 1.83 bits per heavy atom. The molecule has 1 aromatic heterocycles. The molecule has 0 fully saturated rings. The van der Waals surface area contributed by atoms with E-state index in [-0.39, 0.29) is 5.92 Å². The number of carboxylic acid groups (broad SMARTS) is 1. The van der Waals surface area contributed by atoms with Crippen molar-refractivity contribution >= 4 is 17.6 Å². The SMILES string of the molecule is CC(Cc1c[nH]c(Cl)c1)C(=O)O. The second kappa shape index (κ2) is 3.63. The van der Waals surface area contributed by atoms with Crippen molar-refractivity contribution in [2.45, 2.75) is 13.3 Å². The Balaban J connectivity index is 2.58. The molecule has 66 valence electrons. The Morgan fingerprint density at radius 3 is 2.92 bits per heavy atom. The van der Waals surface area contributed by atoms with Gasteiger partial charge in [0.2, 0.25) is 0 Å². The fourth-order valence-electron chi connectivity index (χ4n) is 0.966. The minimum atomic E-state index is -0.785. The van der Waals surface area contributed by atoms with Crippen LogP contribution in [0.15, 0.2) is 12.3 Å². The molecule has 4 heteroatoms. The van der Waals surface area contributed by atoms with E-state index in [1.165, 1.54) is 0 Å². The Labute approximate surface area is 75.4 Å². The number of nitrogens with one attached hydrogen (secondary N) is 1. The average Bonchev–Trinajstić information content (AvgIpc) is 2.35. The maximum atomic E-state index is 10.5. The normalized spacial score (nSPS) is 12.8. The molecule has 0 amide bonds. The van der Waals surface area contributed by atoms with Crippen molar-refractivity contribution in [3.05, 3.63) is 23.0 Å². The molecule has 0 aliphatic carbocycles. The minimum Gasteiger partial charge on any atom is -0.481 e. The molecule has 1 atom stereocenters. The van der Waals surface area contributed by atoms with Gasteiger partial charge in [-0.15, -0.1) is 0 Å². The first-order chi connectivity index (χ1) is 5.59. The first-order valence-electron chi connectivity index (χ1n) is 3.65. The van der Waals surface area contributed by atoms with Gasteiger partial charge >= 0.3 is 5.97 Å². The van der Waals surface area contributed by atoms with Crippen LogP contribution < -0.4 is 0 Å². The van der Waals surface area contributed by atoms with Crippen molar-refractivity contribution in [1.82, 2.24) is 4.98 Å². The fourth-order valence-corrected chi connectivity index (χ4v) is 1.16. The molecule has 0 bridgehead atoms. The summed E-state index contributed by atoms with van der Waals surface area (Å²) in [5.74, 6) is -1.15. The lowest BCUT2D eigenvalue weighted by Crippen LogP contribution is -2.11. The molecule has 12 heavy (non-hydrogen) atoms. The molecule has 1 rings (SSSR count). The van der Waals surface area contributed by atoms with Crippen molar-refractivity contribution in [3.63, 3.8) is 0 Å². The topological polar surface area (TPSA) is 53.1 Å². The number of rotatable bonds is 3. The third kappa shape index (κ3) is 2.27. The first kappa shape index (κ1) is 9.13. The van der Waals surface area contributed by atoms with E-state index >= 15 is 0 Å². The van der Waals surface area contributed by atoms with Crippen LogP contribution in [0.5, 0.6) is 0 Å². The van der Waals surface area contributed by atoms with E-state index in [1.807, 2.05) is 0 Å². The summed E-state index contributed by atoms with van der Waals surface area (Å²) in [6.07, 6.45) is 2.24. The second-order valence-electron chi connectivity index (χ2n) is 2.80. The van der Waals surface area contributed by atoms with Crippen LogP contribution in [-0.2, 0) is 11.2 Å². The van der Waals surface area contributed by atoms with Gasteiger partial charge in [0, 0.05) is 6.20 Å². The highest BCUT2D eigenvalue weighted by atomic mass is 35.5. The molecular weight excluding hydrogens is 178 g/mol. The summed E-state index contributed by atoms with van der Waals surface area (Å²) in [6.45, 7) is 1.67. The van der Waals surface area contributed by atoms with E-state index in [0.717, 1.165) is 5.56 Å². The zero-order valence-corrected chi connectivity index (χ0v) is 7.43. The van der Waals surface area contributed by atoms with Crippen molar-refractivity contribution < 1.29 is 9.90 Å². The smallest absolute Gasteiger partial charge is 0.306 e. The zero-order chi connectivity index (χ0) is 9.14. The molecule has 3 nitrogen and oxygen atoms in total. The summed E-state index contributed by atoms with van der Waals surface area (Å²) >= 11 is 5.62. The van der Waals surface area contributed by atoms with E-state index in [4.69, 9.17) is 16.7 Å². The predicted molar refractivity (Wildman–Crippen MR) is 46.3 cm³/mol. The van der Waals surface area contributed by atoms with Gasteiger partial charge < -0.3 is 10.1 Å². The molecule has 0 spiro atoms. The van der Waals surface area contributed by atoms with Gasteiger partial charge in [-0.05, 0) is 18.1 Å². The molecule has 2 N–H and O–H groups in total. The molecule has 1 unspecified atom stereocenters. The van der Waals surface area contributed by atoms with Crippen LogP contribution in [0.1, 0.15) is 12.5 Å². The molecular formula is C8H10ClNO2. The molecule has 0 radical (unpaired) electrons. The third-order valence-corrected chi connectivity index (χ3v) is 1.89. The number of carboxylic acids is 1. The van der Waals surface area contributed by atoms with Crippen LogP contribution in [0.25, 0.3) is 0 Å². The quantitative estimate of drug-likeness (QED) is 0.760. The van der Waals surface area contributed by atoms with E-state index in [1.54, 1.807) is 19.2 Å². The monoisotopic (exact) mass is 187 g/mol. The second-order valence-corrected chi connectivity index (χ2v) is 3.21. The molecule has 0 saturated carbocycles. The largest absolute Gasteiger partial charge is 0.481 e. The van der Waals surface area contributed by atoms with Gasteiger partial charge in [-0.2, -0.15) is 0 Å². The highest BCUT2D eigenvalue weighted by molar-refractivity contribution is 6.29. The van der Waals surface area contributed by atoms with Crippen LogP contribution in [-0.4, -0.2) is 16.1 Å². The number of H-pyrrole nitrogens is 1. The molecule has 0 saturated heterocycles. The summed E-state index contributed by atoms with van der Waals surface area (Å²) in [5.41, 5.74) is 0.926. The summed E-state index contributed by atoms with van der Waals surface area (Å²) in [5, 5.41) is 9.15. The summed E-state index contributed by atoms with van der Waals surface area (Å²) in [6, 6.07) is 1.74. The molecule has 0 aliphatic heterocycles. The van der Waals surface area contributed by atoms with Crippen LogP contribution in [0.2, 0.25) is 5.15 Å². The van der Waals surface area contributed by atoms with Crippen molar-refractivity contribution in [2.75, 3.05) is 0 Å². The first-order valence-corrected chi connectivity index (χ1v) is 4.03. The fraction of sp³-hybridized carbons (Fsp3) is 0.375. The highest BCUT2D eigenvalue weighted by Crippen LogP contribution is 2.13. The van der Waals surface area contributed by atoms with Crippen LogP contribution >= 0.6 is 11.6 Å². The highest BCUT2D eigenvalue weighted by Gasteiger charge is 2.11. The number of halogens is 1. The van der Waals surface area contributed by atoms with Gasteiger partial charge in [-0.25, -0.2) is 0 Å². The Bertz CT molecular complexity index is 282. The minimum absolute atomic E-state index is 0.364. The van der Waals surface area contributed by atoms with E-state index in [0.29, 0.717) is 11.6 Å². The van der Waals surface area contributed by atoms with Crippen LogP contribution in [0.4, 0.5) is 0 Å². The Morgan fingerprint density at radius 2 is 2.50 bits per heavy atom. The van der Waals surface area contributed by atoms with E-state index < -0.39 is 5.97 Å². The van der Waals surface area contributed by atoms with Crippen molar-refractivity contribution in [3.8, 4) is 0 Å². The lowest BCUT2D eigenvalue weighted by atomic mass is 10.0. The summed E-state index contributed by atoms with van der Waals surface area (Å²) in [7, 11) is 0.